The van der Waals surface area contributed by atoms with Crippen molar-refractivity contribution in [1.29, 1.82) is 0 Å². The van der Waals surface area contributed by atoms with Gasteiger partial charge in [-0.3, -0.25) is 9.59 Å². The number of nitrogens with zero attached hydrogens (tertiary/aromatic N) is 1. The second-order valence-electron chi connectivity index (χ2n) is 4.04. The van der Waals surface area contributed by atoms with Gasteiger partial charge >= 0.3 is 0 Å². The maximum absolute atomic E-state index is 12.0. The predicted octanol–water partition coefficient (Wildman–Crippen LogP) is 0.281. The summed E-state index contributed by atoms with van der Waals surface area (Å²) in [6.45, 7) is 2.40. The van der Waals surface area contributed by atoms with Crippen LogP contribution in [0, 0.1) is 0 Å². The van der Waals surface area contributed by atoms with Gasteiger partial charge in [0.2, 0.25) is 11.8 Å². The highest BCUT2D eigenvalue weighted by Gasteiger charge is 2.20. The van der Waals surface area contributed by atoms with E-state index in [4.69, 9.17) is 5.73 Å². The molecule has 0 saturated carbocycles. The van der Waals surface area contributed by atoms with Crippen molar-refractivity contribution in [2.75, 3.05) is 20.1 Å². The van der Waals surface area contributed by atoms with Crippen molar-refractivity contribution in [3.05, 3.63) is 35.9 Å². The number of carbonyl (C=O) groups excluding carboxylic acids is 2. The van der Waals surface area contributed by atoms with Crippen LogP contribution in [0.1, 0.15) is 18.5 Å². The molecule has 0 saturated heterocycles. The van der Waals surface area contributed by atoms with E-state index in [2.05, 4.69) is 5.32 Å². The number of benzene rings is 1. The minimum Gasteiger partial charge on any atom is -0.355 e. The molecule has 0 radical (unpaired) electrons. The topological polar surface area (TPSA) is 75.4 Å². The number of hydrogen-bond donors (Lipinski definition) is 2. The molecule has 0 aliphatic carbocycles. The maximum Gasteiger partial charge on any atom is 0.244 e. The Morgan fingerprint density at radius 1 is 1.33 bits per heavy atom. The minimum absolute atomic E-state index is 0.0210. The molecule has 1 unspecified atom stereocenters. The number of hydrogen-bond acceptors (Lipinski definition) is 3. The molecule has 5 heteroatoms. The summed E-state index contributed by atoms with van der Waals surface area (Å²) in [5, 5.41) is 2.64. The standard InChI is InChI=1S/C13H19N3O2/c1-3-15-11(17)9-16(2)13(18)12(14)10-7-5-4-6-8-10/h4-8,12H,3,9,14H2,1-2H3,(H,15,17). The molecule has 0 aliphatic heterocycles. The lowest BCUT2D eigenvalue weighted by molar-refractivity contribution is -0.135. The van der Waals surface area contributed by atoms with E-state index in [1.807, 2.05) is 25.1 Å². The summed E-state index contributed by atoms with van der Waals surface area (Å²) < 4.78 is 0. The third-order valence-electron chi connectivity index (χ3n) is 2.56. The third-order valence-corrected chi connectivity index (χ3v) is 2.56. The quantitative estimate of drug-likeness (QED) is 0.787. The number of likely N-dealkylation sites (N-methyl/N-ethyl adjacent to an activating group) is 2. The summed E-state index contributed by atoms with van der Waals surface area (Å²) in [7, 11) is 1.57. The van der Waals surface area contributed by atoms with Crippen LogP contribution in [-0.4, -0.2) is 36.9 Å². The van der Waals surface area contributed by atoms with E-state index in [0.717, 1.165) is 5.56 Å². The Balaban J connectivity index is 2.61. The Morgan fingerprint density at radius 3 is 2.50 bits per heavy atom. The van der Waals surface area contributed by atoms with Crippen LogP contribution < -0.4 is 11.1 Å². The van der Waals surface area contributed by atoms with Gasteiger partial charge in [-0.05, 0) is 12.5 Å². The number of nitrogens with one attached hydrogen (secondary N) is 1. The highest BCUT2D eigenvalue weighted by molar-refractivity contribution is 5.87. The molecule has 1 aromatic rings. The van der Waals surface area contributed by atoms with Gasteiger partial charge in [0.1, 0.15) is 6.04 Å². The summed E-state index contributed by atoms with van der Waals surface area (Å²) in [6, 6.07) is 8.37. The van der Waals surface area contributed by atoms with Crippen LogP contribution in [0.5, 0.6) is 0 Å². The summed E-state index contributed by atoms with van der Waals surface area (Å²) in [4.78, 5) is 24.7. The molecule has 1 aromatic carbocycles. The van der Waals surface area contributed by atoms with Gasteiger partial charge in [0.25, 0.3) is 0 Å². The average molecular weight is 249 g/mol. The van der Waals surface area contributed by atoms with Crippen molar-refractivity contribution in [2.45, 2.75) is 13.0 Å². The largest absolute Gasteiger partial charge is 0.355 e. The first-order valence-corrected chi connectivity index (χ1v) is 5.88. The van der Waals surface area contributed by atoms with Gasteiger partial charge < -0.3 is 16.0 Å². The molecule has 0 fully saturated rings. The molecule has 0 spiro atoms. The highest BCUT2D eigenvalue weighted by atomic mass is 16.2. The van der Waals surface area contributed by atoms with Crippen molar-refractivity contribution >= 4 is 11.8 Å². The average Bonchev–Trinajstić information content (AvgIpc) is 2.38. The van der Waals surface area contributed by atoms with Crippen LogP contribution in [0.25, 0.3) is 0 Å². The second kappa shape index (κ2) is 6.76. The van der Waals surface area contributed by atoms with Gasteiger partial charge in [-0.1, -0.05) is 30.3 Å². The Hall–Kier alpha value is -1.88. The molecule has 98 valence electrons. The molecule has 2 amide bonds. The lowest BCUT2D eigenvalue weighted by Crippen LogP contribution is -2.42. The third kappa shape index (κ3) is 3.85. The molecule has 3 N–H and O–H groups in total. The molecule has 0 aliphatic rings. The fourth-order valence-electron chi connectivity index (χ4n) is 1.59. The van der Waals surface area contributed by atoms with E-state index in [1.54, 1.807) is 19.2 Å². The highest BCUT2D eigenvalue weighted by Crippen LogP contribution is 2.11. The normalized spacial score (nSPS) is 11.7. The zero-order valence-corrected chi connectivity index (χ0v) is 10.7. The minimum atomic E-state index is -0.731. The van der Waals surface area contributed by atoms with E-state index >= 15 is 0 Å². The molecule has 1 atom stereocenters. The lowest BCUT2D eigenvalue weighted by Gasteiger charge is -2.20. The zero-order valence-electron chi connectivity index (χ0n) is 10.7. The first-order valence-electron chi connectivity index (χ1n) is 5.88. The van der Waals surface area contributed by atoms with Gasteiger partial charge in [0.15, 0.2) is 0 Å². The van der Waals surface area contributed by atoms with Gasteiger partial charge in [0.05, 0.1) is 6.54 Å². The van der Waals surface area contributed by atoms with E-state index < -0.39 is 6.04 Å². The SMILES string of the molecule is CCNC(=O)CN(C)C(=O)C(N)c1ccccc1. The molecule has 0 bridgehead atoms. The fourth-order valence-corrected chi connectivity index (χ4v) is 1.59. The van der Waals surface area contributed by atoms with Crippen molar-refractivity contribution in [3.8, 4) is 0 Å². The van der Waals surface area contributed by atoms with E-state index in [0.29, 0.717) is 6.54 Å². The molecule has 1 rings (SSSR count). The van der Waals surface area contributed by atoms with Gasteiger partial charge in [-0.25, -0.2) is 0 Å². The van der Waals surface area contributed by atoms with Crippen LogP contribution >= 0.6 is 0 Å². The number of carbonyl (C=O) groups is 2. The zero-order chi connectivity index (χ0) is 13.5. The van der Waals surface area contributed by atoms with Gasteiger partial charge in [-0.15, -0.1) is 0 Å². The molecule has 18 heavy (non-hydrogen) atoms. The van der Waals surface area contributed by atoms with Gasteiger partial charge in [-0.2, -0.15) is 0 Å². The first kappa shape index (κ1) is 14.2. The Labute approximate surface area is 107 Å². The Kier molecular flexibility index (Phi) is 5.32. The fraction of sp³-hybridized carbons (Fsp3) is 0.385. The van der Waals surface area contributed by atoms with Crippen molar-refractivity contribution in [1.82, 2.24) is 10.2 Å². The lowest BCUT2D eigenvalue weighted by atomic mass is 10.1. The smallest absolute Gasteiger partial charge is 0.244 e. The summed E-state index contributed by atoms with van der Waals surface area (Å²) >= 11 is 0. The number of rotatable bonds is 5. The Morgan fingerprint density at radius 2 is 1.94 bits per heavy atom. The molecule has 5 nitrogen and oxygen atoms in total. The van der Waals surface area contributed by atoms with Crippen LogP contribution in [0.3, 0.4) is 0 Å². The predicted molar refractivity (Wildman–Crippen MR) is 69.7 cm³/mol. The van der Waals surface area contributed by atoms with Crippen LogP contribution in [-0.2, 0) is 9.59 Å². The number of amides is 2. The second-order valence-corrected chi connectivity index (χ2v) is 4.04. The molecule has 0 heterocycles. The molecular weight excluding hydrogens is 230 g/mol. The molecule has 0 aromatic heterocycles. The van der Waals surface area contributed by atoms with Crippen molar-refractivity contribution in [3.63, 3.8) is 0 Å². The van der Waals surface area contributed by atoms with E-state index in [-0.39, 0.29) is 18.4 Å². The van der Waals surface area contributed by atoms with Crippen molar-refractivity contribution in [2.24, 2.45) is 5.73 Å². The molecular formula is C13H19N3O2. The maximum atomic E-state index is 12.0. The first-order chi connectivity index (χ1) is 8.56. The van der Waals surface area contributed by atoms with E-state index in [9.17, 15) is 9.59 Å². The monoisotopic (exact) mass is 249 g/mol. The summed E-state index contributed by atoms with van der Waals surface area (Å²) in [5.41, 5.74) is 6.61. The van der Waals surface area contributed by atoms with E-state index in [1.165, 1.54) is 4.90 Å². The van der Waals surface area contributed by atoms with Crippen LogP contribution in [0.15, 0.2) is 30.3 Å². The van der Waals surface area contributed by atoms with Crippen LogP contribution in [0.2, 0.25) is 0 Å². The summed E-state index contributed by atoms with van der Waals surface area (Å²) in [6.07, 6.45) is 0. The Bertz CT molecular complexity index is 406. The van der Waals surface area contributed by atoms with Gasteiger partial charge in [0, 0.05) is 13.6 Å². The van der Waals surface area contributed by atoms with Crippen LogP contribution in [0.4, 0.5) is 0 Å². The van der Waals surface area contributed by atoms with Crippen molar-refractivity contribution < 1.29 is 9.59 Å². The number of nitrogens with two attached hydrogens (primary N) is 1. The summed E-state index contributed by atoms with van der Waals surface area (Å²) in [5.74, 6) is -0.457.